The number of piperidine rings is 1. The van der Waals surface area contributed by atoms with Crippen LogP contribution in [0.3, 0.4) is 0 Å². The summed E-state index contributed by atoms with van der Waals surface area (Å²) in [7, 11) is -3.29. The van der Waals surface area contributed by atoms with Gasteiger partial charge in [0.05, 0.1) is 5.75 Å². The van der Waals surface area contributed by atoms with Crippen LogP contribution in [0.15, 0.2) is 48.5 Å². The summed E-state index contributed by atoms with van der Waals surface area (Å²) in [6, 6.07) is 14.6. The summed E-state index contributed by atoms with van der Waals surface area (Å²) in [5.74, 6) is 1.47. The van der Waals surface area contributed by atoms with Crippen molar-refractivity contribution in [1.29, 1.82) is 0 Å². The molecule has 0 aromatic heterocycles. The largest absolute Gasteiger partial charge is 0.351 e. The maximum Gasteiger partial charge on any atom is 0.251 e. The lowest BCUT2D eigenvalue weighted by molar-refractivity contribution is 0.0956. The zero-order valence-electron chi connectivity index (χ0n) is 16.8. The summed E-state index contributed by atoms with van der Waals surface area (Å²) in [5, 5.41) is 3.63. The Morgan fingerprint density at radius 3 is 2.47 bits per heavy atom. The lowest BCUT2D eigenvalue weighted by atomic mass is 10.1. The van der Waals surface area contributed by atoms with Gasteiger partial charge in [-0.3, -0.25) is 4.79 Å². The second kappa shape index (κ2) is 11.2. The summed E-state index contributed by atoms with van der Waals surface area (Å²) in [4.78, 5) is 12.3. The molecule has 5 nitrogen and oxygen atoms in total. The Balaban J connectivity index is 1.42. The van der Waals surface area contributed by atoms with Crippen LogP contribution >= 0.6 is 23.4 Å². The van der Waals surface area contributed by atoms with Crippen LogP contribution in [0.2, 0.25) is 5.02 Å². The molecule has 0 saturated carbocycles. The molecule has 30 heavy (non-hydrogen) atoms. The number of carbonyl (C=O) groups excluding carboxylic acids is 1. The van der Waals surface area contributed by atoms with E-state index in [4.69, 9.17) is 11.6 Å². The number of sulfonamides is 1. The molecular weight excluding hydrogens is 440 g/mol. The molecule has 2 aromatic rings. The van der Waals surface area contributed by atoms with Crippen molar-refractivity contribution in [3.8, 4) is 0 Å². The van der Waals surface area contributed by atoms with E-state index >= 15 is 0 Å². The Hall–Kier alpha value is -1.54. The lowest BCUT2D eigenvalue weighted by Crippen LogP contribution is -2.36. The van der Waals surface area contributed by atoms with Crippen molar-refractivity contribution in [3.05, 3.63) is 70.2 Å². The molecule has 1 heterocycles. The van der Waals surface area contributed by atoms with E-state index in [2.05, 4.69) is 5.32 Å². The van der Waals surface area contributed by atoms with E-state index in [0.29, 0.717) is 30.8 Å². The fourth-order valence-corrected chi connectivity index (χ4v) is 5.98. The molecule has 162 valence electrons. The third kappa shape index (κ3) is 7.01. The fourth-order valence-electron chi connectivity index (χ4n) is 3.35. The minimum Gasteiger partial charge on any atom is -0.351 e. The molecule has 2 aromatic carbocycles. The van der Waals surface area contributed by atoms with E-state index < -0.39 is 10.0 Å². The van der Waals surface area contributed by atoms with Gasteiger partial charge in [0.25, 0.3) is 5.91 Å². The Kier molecular flexibility index (Phi) is 8.62. The average molecular weight is 467 g/mol. The van der Waals surface area contributed by atoms with Gasteiger partial charge in [-0.25, -0.2) is 12.7 Å². The SMILES string of the molecule is O=C(NCCSCc1cccc(Cl)c1)c1ccc(CS(=O)(=O)N2CCCCC2)cc1. The summed E-state index contributed by atoms with van der Waals surface area (Å²) in [6.45, 7) is 1.78. The second-order valence-electron chi connectivity index (χ2n) is 7.35. The van der Waals surface area contributed by atoms with Crippen LogP contribution in [0.4, 0.5) is 0 Å². The first-order chi connectivity index (χ1) is 14.4. The average Bonchev–Trinajstić information content (AvgIpc) is 2.74. The van der Waals surface area contributed by atoms with E-state index in [9.17, 15) is 13.2 Å². The number of carbonyl (C=O) groups is 1. The van der Waals surface area contributed by atoms with Crippen LogP contribution in [-0.2, 0) is 21.5 Å². The Bertz CT molecular complexity index is 943. The van der Waals surface area contributed by atoms with Crippen LogP contribution in [0.5, 0.6) is 0 Å². The Morgan fingerprint density at radius 2 is 1.77 bits per heavy atom. The molecule has 3 rings (SSSR count). The third-order valence-corrected chi connectivity index (χ3v) is 8.08. The fraction of sp³-hybridized carbons (Fsp3) is 0.409. The van der Waals surface area contributed by atoms with Crippen LogP contribution < -0.4 is 5.32 Å². The molecule has 8 heteroatoms. The first kappa shape index (κ1) is 23.1. The molecule has 0 unspecified atom stereocenters. The number of hydrogen-bond donors (Lipinski definition) is 1. The molecule has 0 aliphatic carbocycles. The van der Waals surface area contributed by atoms with Gasteiger partial charge < -0.3 is 5.32 Å². The minimum atomic E-state index is -3.29. The number of nitrogens with one attached hydrogen (secondary N) is 1. The molecule has 1 aliphatic heterocycles. The highest BCUT2D eigenvalue weighted by molar-refractivity contribution is 7.98. The third-order valence-electron chi connectivity index (χ3n) is 4.96. The molecule has 0 atom stereocenters. The highest BCUT2D eigenvalue weighted by atomic mass is 35.5. The lowest BCUT2D eigenvalue weighted by Gasteiger charge is -2.25. The first-order valence-electron chi connectivity index (χ1n) is 10.1. The van der Waals surface area contributed by atoms with E-state index in [-0.39, 0.29) is 11.7 Å². The first-order valence-corrected chi connectivity index (χ1v) is 13.3. The standard InChI is InChI=1S/C22H27ClN2O3S2/c23-21-6-4-5-19(15-21)16-29-14-11-24-22(26)20-9-7-18(8-10-20)17-30(27,28)25-12-2-1-3-13-25/h4-10,15H,1-3,11-14,16-17H2,(H,24,26). The molecule has 1 fully saturated rings. The normalized spacial score (nSPS) is 15.1. The number of rotatable bonds is 9. The number of benzene rings is 2. The second-order valence-corrected chi connectivity index (χ2v) is 10.9. The minimum absolute atomic E-state index is 0.0188. The van der Waals surface area contributed by atoms with Crippen LogP contribution in [0.1, 0.15) is 40.7 Å². The predicted molar refractivity (Wildman–Crippen MR) is 124 cm³/mol. The van der Waals surface area contributed by atoms with Crippen molar-refractivity contribution in [1.82, 2.24) is 9.62 Å². The summed E-state index contributed by atoms with van der Waals surface area (Å²) in [6.07, 6.45) is 2.94. The highest BCUT2D eigenvalue weighted by Gasteiger charge is 2.24. The van der Waals surface area contributed by atoms with E-state index in [0.717, 1.165) is 41.4 Å². The van der Waals surface area contributed by atoms with Gasteiger partial charge in [-0.2, -0.15) is 11.8 Å². The van der Waals surface area contributed by atoms with Crippen molar-refractivity contribution < 1.29 is 13.2 Å². The van der Waals surface area contributed by atoms with Crippen LogP contribution in [0, 0.1) is 0 Å². The van der Waals surface area contributed by atoms with Crippen molar-refractivity contribution in [2.75, 3.05) is 25.4 Å². The van der Waals surface area contributed by atoms with Crippen molar-refractivity contribution in [2.45, 2.75) is 30.8 Å². The van der Waals surface area contributed by atoms with E-state index in [1.807, 2.05) is 24.3 Å². The zero-order valence-corrected chi connectivity index (χ0v) is 19.2. The number of hydrogen-bond acceptors (Lipinski definition) is 4. The summed E-state index contributed by atoms with van der Waals surface area (Å²) >= 11 is 7.71. The van der Waals surface area contributed by atoms with Gasteiger partial charge in [0, 0.05) is 41.7 Å². The van der Waals surface area contributed by atoms with Gasteiger partial charge in [-0.05, 0) is 48.2 Å². The molecule has 1 N–H and O–H groups in total. The highest BCUT2D eigenvalue weighted by Crippen LogP contribution is 2.18. The Morgan fingerprint density at radius 1 is 1.03 bits per heavy atom. The molecule has 0 radical (unpaired) electrons. The predicted octanol–water partition coefficient (Wildman–Crippen LogP) is 4.32. The molecule has 1 saturated heterocycles. The molecule has 1 amide bonds. The van der Waals surface area contributed by atoms with Crippen LogP contribution in [0.25, 0.3) is 0 Å². The van der Waals surface area contributed by atoms with Crippen molar-refractivity contribution in [2.24, 2.45) is 0 Å². The molecule has 0 spiro atoms. The van der Waals surface area contributed by atoms with Crippen molar-refractivity contribution in [3.63, 3.8) is 0 Å². The molecular formula is C22H27ClN2O3S2. The van der Waals surface area contributed by atoms with E-state index in [1.165, 1.54) is 0 Å². The van der Waals surface area contributed by atoms with Crippen molar-refractivity contribution >= 4 is 39.3 Å². The number of thioether (sulfide) groups is 1. The maximum absolute atomic E-state index is 12.5. The number of amides is 1. The number of nitrogens with zero attached hydrogens (tertiary/aromatic N) is 1. The topological polar surface area (TPSA) is 66.5 Å². The molecule has 1 aliphatic rings. The van der Waals surface area contributed by atoms with Gasteiger partial charge >= 0.3 is 0 Å². The van der Waals surface area contributed by atoms with Gasteiger partial charge in [0.2, 0.25) is 10.0 Å². The van der Waals surface area contributed by atoms with Crippen LogP contribution in [-0.4, -0.2) is 44.0 Å². The smallest absolute Gasteiger partial charge is 0.251 e. The number of halogens is 1. The quantitative estimate of drug-likeness (QED) is 0.559. The zero-order chi connectivity index (χ0) is 21.4. The maximum atomic E-state index is 12.5. The Labute approximate surface area is 188 Å². The van der Waals surface area contributed by atoms with Gasteiger partial charge in [0.1, 0.15) is 0 Å². The van der Waals surface area contributed by atoms with Gasteiger partial charge in [-0.1, -0.05) is 42.3 Å². The van der Waals surface area contributed by atoms with Gasteiger partial charge in [0.15, 0.2) is 0 Å². The van der Waals surface area contributed by atoms with Gasteiger partial charge in [-0.15, -0.1) is 0 Å². The summed E-state index contributed by atoms with van der Waals surface area (Å²) < 4.78 is 26.7. The molecule has 0 bridgehead atoms. The summed E-state index contributed by atoms with van der Waals surface area (Å²) in [5.41, 5.74) is 2.40. The monoisotopic (exact) mass is 466 g/mol. The van der Waals surface area contributed by atoms with E-state index in [1.54, 1.807) is 40.3 Å².